The van der Waals surface area contributed by atoms with Crippen molar-refractivity contribution in [1.82, 2.24) is 0 Å². The number of aliphatic hydroxyl groups excluding tert-OH is 4. The molecule has 10 heteroatoms. The molecule has 10 nitrogen and oxygen atoms in total. The maximum Gasteiger partial charge on any atom is 0.186 e. The van der Waals surface area contributed by atoms with Gasteiger partial charge in [0.15, 0.2) is 12.6 Å². The molecule has 25 heavy (non-hydrogen) atoms. The molecule has 0 amide bonds. The summed E-state index contributed by atoms with van der Waals surface area (Å²) in [6.07, 6.45) is -8.50. The standard InChI is InChI=1S/C15H28O10/c1-7-8(17)4-9(18)14(23-7)25-12-11(19)10(5-16)24-15(21-3)13(12)22-6-20-2/h7-19H,4-6H2,1-3H3/t7-,8-,9-,10-,11-,12+,13+,14-,15+/m1/s1. The van der Waals surface area contributed by atoms with E-state index in [1.165, 1.54) is 14.2 Å². The van der Waals surface area contributed by atoms with Gasteiger partial charge in [0.05, 0.1) is 18.8 Å². The van der Waals surface area contributed by atoms with E-state index < -0.39 is 61.9 Å². The van der Waals surface area contributed by atoms with Crippen molar-refractivity contribution < 1.29 is 48.8 Å². The molecule has 0 bridgehead atoms. The van der Waals surface area contributed by atoms with Crippen molar-refractivity contribution in [3.8, 4) is 0 Å². The van der Waals surface area contributed by atoms with Gasteiger partial charge in [-0.2, -0.15) is 0 Å². The van der Waals surface area contributed by atoms with Gasteiger partial charge in [-0.15, -0.1) is 0 Å². The van der Waals surface area contributed by atoms with Crippen LogP contribution >= 0.6 is 0 Å². The molecule has 2 heterocycles. The number of hydrogen-bond acceptors (Lipinski definition) is 10. The second-order valence-corrected chi connectivity index (χ2v) is 6.17. The zero-order valence-corrected chi connectivity index (χ0v) is 14.6. The Hall–Kier alpha value is -0.400. The van der Waals surface area contributed by atoms with Crippen LogP contribution in [0.2, 0.25) is 0 Å². The van der Waals surface area contributed by atoms with Gasteiger partial charge in [0, 0.05) is 20.6 Å². The summed E-state index contributed by atoms with van der Waals surface area (Å²) in [4.78, 5) is 0. The molecule has 2 fully saturated rings. The fraction of sp³-hybridized carbons (Fsp3) is 1.00. The molecule has 2 aliphatic rings. The lowest BCUT2D eigenvalue weighted by atomic mass is 9.98. The van der Waals surface area contributed by atoms with E-state index in [2.05, 4.69) is 0 Å². The van der Waals surface area contributed by atoms with Gasteiger partial charge < -0.3 is 48.8 Å². The van der Waals surface area contributed by atoms with E-state index in [0.717, 1.165) is 0 Å². The number of ether oxygens (including phenoxy) is 6. The lowest BCUT2D eigenvalue weighted by molar-refractivity contribution is -0.355. The average Bonchev–Trinajstić information content (AvgIpc) is 2.59. The molecule has 2 saturated heterocycles. The maximum absolute atomic E-state index is 10.5. The second kappa shape index (κ2) is 9.51. The van der Waals surface area contributed by atoms with Crippen LogP contribution in [0.3, 0.4) is 0 Å². The molecule has 0 radical (unpaired) electrons. The van der Waals surface area contributed by atoms with Crippen molar-refractivity contribution in [1.29, 1.82) is 0 Å². The monoisotopic (exact) mass is 368 g/mol. The fourth-order valence-corrected chi connectivity index (χ4v) is 2.93. The number of aliphatic hydroxyl groups is 4. The first kappa shape index (κ1) is 20.9. The Morgan fingerprint density at radius 2 is 1.72 bits per heavy atom. The molecule has 0 unspecified atom stereocenters. The van der Waals surface area contributed by atoms with E-state index >= 15 is 0 Å². The quantitative estimate of drug-likeness (QED) is 0.371. The van der Waals surface area contributed by atoms with Gasteiger partial charge in [-0.3, -0.25) is 0 Å². The van der Waals surface area contributed by atoms with Crippen molar-refractivity contribution in [2.75, 3.05) is 27.6 Å². The summed E-state index contributed by atoms with van der Waals surface area (Å²) >= 11 is 0. The molecule has 2 aliphatic heterocycles. The van der Waals surface area contributed by atoms with Crippen LogP contribution in [-0.2, 0) is 28.4 Å². The summed E-state index contributed by atoms with van der Waals surface area (Å²) in [5, 5.41) is 39.7. The Kier molecular flexibility index (Phi) is 7.95. The van der Waals surface area contributed by atoms with E-state index in [-0.39, 0.29) is 13.2 Å². The van der Waals surface area contributed by atoms with Crippen LogP contribution in [0.15, 0.2) is 0 Å². The van der Waals surface area contributed by atoms with Crippen LogP contribution in [0.5, 0.6) is 0 Å². The predicted molar refractivity (Wildman–Crippen MR) is 81.4 cm³/mol. The highest BCUT2D eigenvalue weighted by Gasteiger charge is 2.49. The molecular formula is C15H28O10. The molecule has 148 valence electrons. The molecular weight excluding hydrogens is 340 g/mol. The van der Waals surface area contributed by atoms with Gasteiger partial charge >= 0.3 is 0 Å². The summed E-state index contributed by atoms with van der Waals surface area (Å²) in [6, 6.07) is 0. The Balaban J connectivity index is 2.15. The van der Waals surface area contributed by atoms with Crippen molar-refractivity contribution in [2.24, 2.45) is 0 Å². The third-order valence-electron chi connectivity index (χ3n) is 4.39. The van der Waals surface area contributed by atoms with Gasteiger partial charge in [0.1, 0.15) is 37.3 Å². The number of hydrogen-bond donors (Lipinski definition) is 4. The molecule has 2 rings (SSSR count). The Morgan fingerprint density at radius 3 is 2.32 bits per heavy atom. The Labute approximate surface area is 146 Å². The van der Waals surface area contributed by atoms with E-state index in [0.29, 0.717) is 0 Å². The lowest BCUT2D eigenvalue weighted by Gasteiger charge is -2.45. The van der Waals surface area contributed by atoms with Crippen LogP contribution < -0.4 is 0 Å². The van der Waals surface area contributed by atoms with E-state index in [9.17, 15) is 20.4 Å². The van der Waals surface area contributed by atoms with Crippen molar-refractivity contribution in [3.05, 3.63) is 0 Å². The number of rotatable bonds is 7. The third-order valence-corrected chi connectivity index (χ3v) is 4.39. The van der Waals surface area contributed by atoms with Crippen molar-refractivity contribution in [2.45, 2.75) is 68.7 Å². The zero-order valence-electron chi connectivity index (χ0n) is 14.6. The Bertz CT molecular complexity index is 397. The van der Waals surface area contributed by atoms with Gasteiger partial charge in [0.2, 0.25) is 0 Å². The highest BCUT2D eigenvalue weighted by Crippen LogP contribution is 2.30. The second-order valence-electron chi connectivity index (χ2n) is 6.17. The number of methoxy groups -OCH3 is 2. The molecule has 0 aromatic carbocycles. The summed E-state index contributed by atoms with van der Waals surface area (Å²) in [6.45, 7) is 1.09. The van der Waals surface area contributed by atoms with E-state index in [1.807, 2.05) is 0 Å². The zero-order chi connectivity index (χ0) is 18.6. The molecule has 0 aliphatic carbocycles. The minimum atomic E-state index is -1.25. The molecule has 0 aromatic rings. The van der Waals surface area contributed by atoms with Crippen LogP contribution in [-0.4, -0.2) is 103 Å². The molecule has 0 aromatic heterocycles. The maximum atomic E-state index is 10.5. The van der Waals surface area contributed by atoms with Crippen LogP contribution in [0.1, 0.15) is 13.3 Å². The van der Waals surface area contributed by atoms with Crippen LogP contribution in [0.4, 0.5) is 0 Å². The van der Waals surface area contributed by atoms with Gasteiger partial charge in [0.25, 0.3) is 0 Å². The topological polar surface area (TPSA) is 136 Å². The average molecular weight is 368 g/mol. The van der Waals surface area contributed by atoms with Gasteiger partial charge in [-0.05, 0) is 6.92 Å². The highest BCUT2D eigenvalue weighted by molar-refractivity contribution is 4.92. The normalized spacial score (nSPS) is 45.5. The molecule has 9 atom stereocenters. The predicted octanol–water partition coefficient (Wildman–Crippen LogP) is -2.06. The van der Waals surface area contributed by atoms with Gasteiger partial charge in [-0.25, -0.2) is 0 Å². The minimum Gasteiger partial charge on any atom is -0.394 e. The first-order chi connectivity index (χ1) is 11.9. The summed E-state index contributed by atoms with van der Waals surface area (Å²) in [5.74, 6) is 0. The SMILES string of the molecule is COCO[C@@H]1[C@@H](OC)O[C@H](CO)[C@@H](O)[C@@H]1O[C@H]1O[C@H](C)[C@H](O)C[C@H]1O. The van der Waals surface area contributed by atoms with Crippen molar-refractivity contribution >= 4 is 0 Å². The van der Waals surface area contributed by atoms with Crippen LogP contribution in [0, 0.1) is 0 Å². The summed E-state index contributed by atoms with van der Waals surface area (Å²) in [5.41, 5.74) is 0. The van der Waals surface area contributed by atoms with Gasteiger partial charge in [-0.1, -0.05) is 0 Å². The molecule has 0 saturated carbocycles. The summed E-state index contributed by atoms with van der Waals surface area (Å²) < 4.78 is 32.3. The Morgan fingerprint density at radius 1 is 1.00 bits per heavy atom. The third kappa shape index (κ3) is 4.86. The highest BCUT2D eigenvalue weighted by atomic mass is 16.8. The van der Waals surface area contributed by atoms with Crippen molar-refractivity contribution in [3.63, 3.8) is 0 Å². The largest absolute Gasteiger partial charge is 0.394 e. The lowest BCUT2D eigenvalue weighted by Crippen LogP contribution is -2.63. The minimum absolute atomic E-state index is 0.0753. The molecule has 0 spiro atoms. The fourth-order valence-electron chi connectivity index (χ4n) is 2.93. The smallest absolute Gasteiger partial charge is 0.186 e. The van der Waals surface area contributed by atoms with Crippen LogP contribution in [0.25, 0.3) is 0 Å². The molecule has 4 N–H and O–H groups in total. The van der Waals surface area contributed by atoms with E-state index in [4.69, 9.17) is 28.4 Å². The summed E-state index contributed by atoms with van der Waals surface area (Å²) in [7, 11) is 2.83. The first-order valence-electron chi connectivity index (χ1n) is 8.17. The first-order valence-corrected chi connectivity index (χ1v) is 8.17. The van der Waals surface area contributed by atoms with E-state index in [1.54, 1.807) is 6.92 Å².